The molecular formula is C33H21Cl2NO3. The van der Waals surface area contributed by atoms with Crippen LogP contribution in [0.1, 0.15) is 48.1 Å². The molecular weight excluding hydrogens is 529 g/mol. The molecule has 0 radical (unpaired) electrons. The van der Waals surface area contributed by atoms with Gasteiger partial charge in [-0.15, -0.1) is 0 Å². The van der Waals surface area contributed by atoms with Crippen LogP contribution in [0.3, 0.4) is 0 Å². The van der Waals surface area contributed by atoms with Crippen molar-refractivity contribution in [1.29, 1.82) is 0 Å². The molecule has 3 unspecified atom stereocenters. The highest BCUT2D eigenvalue weighted by Gasteiger charge is 2.71. The van der Waals surface area contributed by atoms with Gasteiger partial charge in [-0.1, -0.05) is 90.0 Å². The Bertz CT molecular complexity index is 1670. The Morgan fingerprint density at radius 1 is 0.718 bits per heavy atom. The number of nitrogens with zero attached hydrogens (tertiary/aromatic N) is 1. The number of para-hydroxylation sites is 1. The van der Waals surface area contributed by atoms with Crippen LogP contribution in [0.25, 0.3) is 6.08 Å². The molecule has 6 heteroatoms. The number of anilines is 1. The predicted molar refractivity (Wildman–Crippen MR) is 153 cm³/mol. The molecule has 4 aromatic rings. The van der Waals surface area contributed by atoms with Crippen molar-refractivity contribution in [1.82, 2.24) is 0 Å². The molecule has 2 aliphatic heterocycles. The summed E-state index contributed by atoms with van der Waals surface area (Å²) >= 11 is 12.4. The summed E-state index contributed by atoms with van der Waals surface area (Å²) in [6.45, 7) is 0. The fourth-order valence-electron chi connectivity index (χ4n) is 6.75. The highest BCUT2D eigenvalue weighted by atomic mass is 35.5. The maximum Gasteiger partial charge on any atom is 0.185 e. The third-order valence-corrected chi connectivity index (χ3v) is 8.84. The van der Waals surface area contributed by atoms with Crippen LogP contribution in [-0.4, -0.2) is 29.4 Å². The number of benzene rings is 4. The lowest BCUT2D eigenvalue weighted by atomic mass is 9.64. The van der Waals surface area contributed by atoms with Crippen LogP contribution in [0.15, 0.2) is 103 Å². The van der Waals surface area contributed by atoms with Gasteiger partial charge in [-0.05, 0) is 53.6 Å². The summed E-state index contributed by atoms with van der Waals surface area (Å²) in [6, 6.07) is 27.1. The Morgan fingerprint density at radius 2 is 1.28 bits per heavy atom. The van der Waals surface area contributed by atoms with Crippen LogP contribution >= 0.6 is 23.2 Å². The van der Waals surface area contributed by atoms with Crippen LogP contribution < -0.4 is 4.90 Å². The average Bonchev–Trinajstić information content (AvgIpc) is 3.40. The molecule has 2 heterocycles. The Labute approximate surface area is 235 Å². The number of hydrogen-bond donors (Lipinski definition) is 0. The maximum absolute atomic E-state index is 14.6. The first-order valence-electron chi connectivity index (χ1n) is 12.7. The number of carbonyl (C=O) groups is 3. The van der Waals surface area contributed by atoms with Crippen molar-refractivity contribution >= 4 is 52.3 Å². The van der Waals surface area contributed by atoms with Gasteiger partial charge in [0, 0.05) is 38.3 Å². The molecule has 3 aliphatic rings. The highest BCUT2D eigenvalue weighted by Crippen LogP contribution is 2.61. The van der Waals surface area contributed by atoms with E-state index >= 15 is 0 Å². The van der Waals surface area contributed by atoms with E-state index in [1.165, 1.54) is 0 Å². The third-order valence-electron chi connectivity index (χ3n) is 8.34. The first kappa shape index (κ1) is 24.1. The van der Waals surface area contributed by atoms with E-state index in [1.54, 1.807) is 60.7 Å². The molecule has 0 amide bonds. The Kier molecular flexibility index (Phi) is 5.41. The number of rotatable bonds is 3. The quantitative estimate of drug-likeness (QED) is 0.198. The van der Waals surface area contributed by atoms with E-state index in [4.69, 9.17) is 23.2 Å². The topological polar surface area (TPSA) is 54.5 Å². The minimum atomic E-state index is -1.53. The van der Waals surface area contributed by atoms with Crippen LogP contribution in [-0.2, 0) is 0 Å². The number of ketones is 3. The summed E-state index contributed by atoms with van der Waals surface area (Å²) in [5.41, 5.74) is 2.16. The standard InChI is InChI=1S/C33H21Cl2NO3/c34-22-14-9-20(10-15-22)28-29(30(37)21-11-16-23(35)17-12-21)36-26-8-4-1-5-19(26)13-18-27(36)33(28)31(38)24-6-2-3-7-25(24)32(33)39/h1-18,27-29H. The molecule has 1 spiro atoms. The molecule has 1 saturated heterocycles. The van der Waals surface area contributed by atoms with Crippen LogP contribution in [0.4, 0.5) is 5.69 Å². The van der Waals surface area contributed by atoms with Crippen molar-refractivity contribution in [3.05, 3.63) is 141 Å². The smallest absolute Gasteiger partial charge is 0.185 e. The molecule has 0 bridgehead atoms. The van der Waals surface area contributed by atoms with E-state index < -0.39 is 23.4 Å². The zero-order valence-corrected chi connectivity index (χ0v) is 22.1. The Hall–Kier alpha value is -3.99. The summed E-state index contributed by atoms with van der Waals surface area (Å²) in [6.07, 6.45) is 3.87. The lowest BCUT2D eigenvalue weighted by Crippen LogP contribution is -2.48. The first-order chi connectivity index (χ1) is 18.9. The number of halogens is 2. The van der Waals surface area contributed by atoms with Crippen molar-refractivity contribution in [2.75, 3.05) is 4.90 Å². The molecule has 3 atom stereocenters. The Morgan fingerprint density at radius 3 is 1.92 bits per heavy atom. The van der Waals surface area contributed by atoms with Gasteiger partial charge in [-0.2, -0.15) is 0 Å². The average molecular weight is 550 g/mol. The fourth-order valence-corrected chi connectivity index (χ4v) is 7.00. The van der Waals surface area contributed by atoms with Crippen molar-refractivity contribution in [3.8, 4) is 0 Å². The summed E-state index contributed by atoms with van der Waals surface area (Å²) in [7, 11) is 0. The van der Waals surface area contributed by atoms with Gasteiger partial charge < -0.3 is 4.90 Å². The molecule has 7 rings (SSSR count). The van der Waals surface area contributed by atoms with Gasteiger partial charge in [0.2, 0.25) is 0 Å². The van der Waals surface area contributed by atoms with Crippen molar-refractivity contribution in [2.24, 2.45) is 5.41 Å². The van der Waals surface area contributed by atoms with Crippen LogP contribution in [0.2, 0.25) is 10.0 Å². The van der Waals surface area contributed by atoms with E-state index in [9.17, 15) is 14.4 Å². The largest absolute Gasteiger partial charge is 0.352 e. The van der Waals surface area contributed by atoms with E-state index in [0.717, 1.165) is 11.3 Å². The zero-order valence-electron chi connectivity index (χ0n) is 20.6. The van der Waals surface area contributed by atoms with Gasteiger partial charge >= 0.3 is 0 Å². The summed E-state index contributed by atoms with van der Waals surface area (Å²) in [4.78, 5) is 45.7. The molecule has 0 aromatic heterocycles. The van der Waals surface area contributed by atoms with Gasteiger partial charge in [0.15, 0.2) is 17.3 Å². The normalized spacial score (nSPS) is 22.1. The summed E-state index contributed by atoms with van der Waals surface area (Å²) in [5.74, 6) is -1.47. The predicted octanol–water partition coefficient (Wildman–Crippen LogP) is 7.31. The summed E-state index contributed by atoms with van der Waals surface area (Å²) in [5, 5.41) is 1.05. The molecule has 4 aromatic carbocycles. The lowest BCUT2D eigenvalue weighted by Gasteiger charge is -2.37. The first-order valence-corrected chi connectivity index (χ1v) is 13.5. The number of fused-ring (bicyclic) bond motifs is 5. The van der Waals surface area contributed by atoms with Gasteiger partial charge in [-0.25, -0.2) is 0 Å². The molecule has 39 heavy (non-hydrogen) atoms. The van der Waals surface area contributed by atoms with Gasteiger partial charge in [0.25, 0.3) is 0 Å². The number of Topliss-reactive ketones (excluding diaryl/α,β-unsaturated/α-hetero) is 3. The number of carbonyl (C=O) groups excluding carboxylic acids is 3. The monoisotopic (exact) mass is 549 g/mol. The molecule has 1 aliphatic carbocycles. The Balaban J connectivity index is 1.54. The van der Waals surface area contributed by atoms with Crippen LogP contribution in [0, 0.1) is 5.41 Å². The van der Waals surface area contributed by atoms with Crippen LogP contribution in [0.5, 0.6) is 0 Å². The molecule has 1 fully saturated rings. The minimum absolute atomic E-state index is 0.185. The fraction of sp³-hybridized carbons (Fsp3) is 0.121. The van der Waals surface area contributed by atoms with Crippen molar-refractivity contribution in [2.45, 2.75) is 18.0 Å². The molecule has 0 saturated carbocycles. The van der Waals surface area contributed by atoms with Gasteiger partial charge in [-0.3, -0.25) is 14.4 Å². The third kappa shape index (κ3) is 3.28. The summed E-state index contributed by atoms with van der Waals surface area (Å²) < 4.78 is 0. The maximum atomic E-state index is 14.6. The van der Waals surface area contributed by atoms with E-state index in [0.29, 0.717) is 32.3 Å². The van der Waals surface area contributed by atoms with E-state index in [-0.39, 0.29) is 17.3 Å². The van der Waals surface area contributed by atoms with E-state index in [2.05, 4.69) is 0 Å². The molecule has 4 nitrogen and oxygen atoms in total. The minimum Gasteiger partial charge on any atom is -0.352 e. The molecule has 0 N–H and O–H groups in total. The lowest BCUT2D eigenvalue weighted by molar-refractivity contribution is 0.0666. The van der Waals surface area contributed by atoms with Gasteiger partial charge in [0.1, 0.15) is 11.5 Å². The zero-order chi connectivity index (χ0) is 26.9. The van der Waals surface area contributed by atoms with Gasteiger partial charge in [0.05, 0.1) is 6.04 Å². The number of hydrogen-bond acceptors (Lipinski definition) is 4. The highest BCUT2D eigenvalue weighted by molar-refractivity contribution is 6.33. The van der Waals surface area contributed by atoms with Crippen molar-refractivity contribution < 1.29 is 14.4 Å². The second-order valence-electron chi connectivity index (χ2n) is 10.2. The second-order valence-corrected chi connectivity index (χ2v) is 11.1. The SMILES string of the molecule is O=C(c1ccc(Cl)cc1)C1C(c2ccc(Cl)cc2)C2(C(=O)c3ccccc3C2=O)C2C=Cc3ccccc3N12. The van der Waals surface area contributed by atoms with Crippen molar-refractivity contribution in [3.63, 3.8) is 0 Å². The van der Waals surface area contributed by atoms with E-state index in [1.807, 2.05) is 53.5 Å². The second kappa shape index (κ2) is 8.77. The molecule has 190 valence electrons.